The zero-order chi connectivity index (χ0) is 17.2. The van der Waals surface area contributed by atoms with Crippen LogP contribution in [-0.2, 0) is 0 Å². The first-order chi connectivity index (χ1) is 12.2. The highest BCUT2D eigenvalue weighted by Crippen LogP contribution is 2.23. The van der Waals surface area contributed by atoms with Crippen LogP contribution in [0.5, 0.6) is 0 Å². The molecule has 0 aliphatic heterocycles. The minimum absolute atomic E-state index is 0.0267. The number of hydrogen-bond acceptors (Lipinski definition) is 2. The summed E-state index contributed by atoms with van der Waals surface area (Å²) in [4.78, 5) is 13.1. The maximum atomic E-state index is 13.1. The van der Waals surface area contributed by atoms with Crippen LogP contribution >= 0.6 is 0 Å². The molecule has 4 heteroatoms. The van der Waals surface area contributed by atoms with Crippen LogP contribution < -0.4 is 5.32 Å². The van der Waals surface area contributed by atoms with Crippen LogP contribution in [0.3, 0.4) is 0 Å². The van der Waals surface area contributed by atoms with Gasteiger partial charge in [-0.1, -0.05) is 55.2 Å². The Morgan fingerprint density at radius 1 is 1.04 bits per heavy atom. The molecule has 2 aromatic carbocycles. The minimum atomic E-state index is -0.0267. The van der Waals surface area contributed by atoms with E-state index in [4.69, 9.17) is 0 Å². The lowest BCUT2D eigenvalue weighted by atomic mass is 9.95. The van der Waals surface area contributed by atoms with Crippen molar-refractivity contribution in [2.24, 2.45) is 0 Å². The molecule has 4 nitrogen and oxygen atoms in total. The third-order valence-corrected chi connectivity index (χ3v) is 5.01. The monoisotopic (exact) mass is 333 g/mol. The van der Waals surface area contributed by atoms with E-state index in [0.717, 1.165) is 29.4 Å². The number of rotatable bonds is 3. The number of nitrogens with zero attached hydrogens (tertiary/aromatic N) is 2. The fourth-order valence-electron chi connectivity index (χ4n) is 3.62. The molecule has 0 bridgehead atoms. The van der Waals surface area contributed by atoms with E-state index < -0.39 is 0 Å². The molecule has 1 fully saturated rings. The van der Waals surface area contributed by atoms with Crippen LogP contribution in [0.25, 0.3) is 16.6 Å². The summed E-state index contributed by atoms with van der Waals surface area (Å²) in [5.41, 5.74) is 3.58. The zero-order valence-electron chi connectivity index (χ0n) is 14.5. The summed E-state index contributed by atoms with van der Waals surface area (Å²) in [5, 5.41) is 8.82. The van der Waals surface area contributed by atoms with Gasteiger partial charge in [-0.15, -0.1) is 0 Å². The van der Waals surface area contributed by atoms with Crippen molar-refractivity contribution in [2.75, 3.05) is 0 Å². The number of aryl methyl sites for hydroxylation is 1. The van der Waals surface area contributed by atoms with Crippen molar-refractivity contribution in [1.29, 1.82) is 0 Å². The lowest BCUT2D eigenvalue weighted by molar-refractivity contribution is 0.0921. The number of carbonyl (C=O) groups is 1. The topological polar surface area (TPSA) is 46.9 Å². The molecular formula is C21H23N3O. The molecule has 1 N–H and O–H groups in total. The number of fused-ring (bicyclic) bond motifs is 1. The number of hydrogen-bond donors (Lipinski definition) is 1. The molecule has 1 aliphatic carbocycles. The summed E-state index contributed by atoms with van der Waals surface area (Å²) >= 11 is 0. The van der Waals surface area contributed by atoms with Gasteiger partial charge in [-0.2, -0.15) is 5.10 Å². The summed E-state index contributed by atoms with van der Waals surface area (Å²) in [7, 11) is 0. The van der Waals surface area contributed by atoms with Gasteiger partial charge < -0.3 is 5.32 Å². The molecule has 1 aromatic heterocycles. The van der Waals surface area contributed by atoms with E-state index in [-0.39, 0.29) is 11.9 Å². The fraction of sp³-hybridized carbons (Fsp3) is 0.333. The van der Waals surface area contributed by atoms with Gasteiger partial charge in [0, 0.05) is 11.4 Å². The molecule has 0 spiro atoms. The third kappa shape index (κ3) is 3.16. The smallest absolute Gasteiger partial charge is 0.270 e. The normalized spacial score (nSPS) is 15.4. The van der Waals surface area contributed by atoms with Gasteiger partial charge in [0.2, 0.25) is 0 Å². The Hall–Kier alpha value is -2.62. The molecule has 0 radical (unpaired) electrons. The summed E-state index contributed by atoms with van der Waals surface area (Å²) < 4.78 is 1.78. The fourth-order valence-corrected chi connectivity index (χ4v) is 3.62. The van der Waals surface area contributed by atoms with E-state index in [1.165, 1.54) is 24.8 Å². The average Bonchev–Trinajstić information content (AvgIpc) is 3.03. The van der Waals surface area contributed by atoms with Gasteiger partial charge in [0.15, 0.2) is 0 Å². The summed E-state index contributed by atoms with van der Waals surface area (Å²) in [6, 6.07) is 16.2. The van der Waals surface area contributed by atoms with Gasteiger partial charge in [-0.05, 0) is 38.0 Å². The molecule has 1 saturated carbocycles. The number of benzene rings is 2. The lowest BCUT2D eigenvalue weighted by Gasteiger charge is -2.23. The summed E-state index contributed by atoms with van der Waals surface area (Å²) in [6.45, 7) is 2.06. The van der Waals surface area contributed by atoms with Crippen molar-refractivity contribution in [1.82, 2.24) is 15.1 Å². The van der Waals surface area contributed by atoms with E-state index in [9.17, 15) is 4.79 Å². The predicted molar refractivity (Wildman–Crippen MR) is 100 cm³/mol. The molecule has 4 rings (SSSR count). The van der Waals surface area contributed by atoms with E-state index in [1.807, 2.05) is 48.5 Å². The minimum Gasteiger partial charge on any atom is -0.348 e. The number of carbonyl (C=O) groups excluding carboxylic acids is 1. The first-order valence-corrected chi connectivity index (χ1v) is 9.08. The second-order valence-electron chi connectivity index (χ2n) is 6.92. The second kappa shape index (κ2) is 6.71. The van der Waals surface area contributed by atoms with Crippen LogP contribution in [0, 0.1) is 6.92 Å². The van der Waals surface area contributed by atoms with Crippen LogP contribution in [0.15, 0.2) is 48.5 Å². The molecule has 1 heterocycles. The molecule has 3 aromatic rings. The first kappa shape index (κ1) is 15.9. The van der Waals surface area contributed by atoms with E-state index in [0.29, 0.717) is 5.69 Å². The SMILES string of the molecule is Cc1ccc(-n2nc3ccccc3c2C(=O)NC2CCCCC2)cc1. The molecule has 25 heavy (non-hydrogen) atoms. The van der Waals surface area contributed by atoms with Gasteiger partial charge in [-0.25, -0.2) is 4.68 Å². The third-order valence-electron chi connectivity index (χ3n) is 5.01. The first-order valence-electron chi connectivity index (χ1n) is 9.08. The molecule has 0 atom stereocenters. The molecular weight excluding hydrogens is 310 g/mol. The van der Waals surface area contributed by atoms with Crippen LogP contribution in [0.2, 0.25) is 0 Å². The average molecular weight is 333 g/mol. The highest BCUT2D eigenvalue weighted by Gasteiger charge is 2.23. The maximum absolute atomic E-state index is 13.1. The standard InChI is InChI=1S/C21H23N3O/c1-15-11-13-17(14-12-15)24-20(18-9-5-6-10-19(18)23-24)21(25)22-16-7-3-2-4-8-16/h5-6,9-14,16H,2-4,7-8H2,1H3,(H,22,25). The second-order valence-corrected chi connectivity index (χ2v) is 6.92. The van der Waals surface area contributed by atoms with Crippen molar-refractivity contribution in [3.8, 4) is 5.69 Å². The van der Waals surface area contributed by atoms with Gasteiger partial charge in [0.1, 0.15) is 5.69 Å². The van der Waals surface area contributed by atoms with Gasteiger partial charge in [-0.3, -0.25) is 4.79 Å². The number of amides is 1. The zero-order valence-corrected chi connectivity index (χ0v) is 14.5. The summed E-state index contributed by atoms with van der Waals surface area (Å²) in [5.74, 6) is -0.0267. The molecule has 1 amide bonds. The van der Waals surface area contributed by atoms with Crippen LogP contribution in [-0.4, -0.2) is 21.7 Å². The molecule has 0 unspecified atom stereocenters. The Labute approximate surface area is 147 Å². The van der Waals surface area contributed by atoms with Gasteiger partial charge >= 0.3 is 0 Å². The van der Waals surface area contributed by atoms with Crippen molar-refractivity contribution in [2.45, 2.75) is 45.1 Å². The van der Waals surface area contributed by atoms with Crippen molar-refractivity contribution in [3.63, 3.8) is 0 Å². The highest BCUT2D eigenvalue weighted by molar-refractivity contribution is 6.05. The van der Waals surface area contributed by atoms with Crippen LogP contribution in [0.4, 0.5) is 0 Å². The molecule has 0 saturated heterocycles. The molecule has 128 valence electrons. The van der Waals surface area contributed by atoms with Crippen molar-refractivity contribution < 1.29 is 4.79 Å². The van der Waals surface area contributed by atoms with E-state index in [2.05, 4.69) is 17.3 Å². The Bertz CT molecular complexity index is 889. The number of nitrogens with one attached hydrogen (secondary N) is 1. The molecule has 1 aliphatic rings. The predicted octanol–water partition coefficient (Wildman–Crippen LogP) is 4.40. The highest BCUT2D eigenvalue weighted by atomic mass is 16.2. The quantitative estimate of drug-likeness (QED) is 0.772. The van der Waals surface area contributed by atoms with Gasteiger partial charge in [0.25, 0.3) is 5.91 Å². The van der Waals surface area contributed by atoms with E-state index in [1.54, 1.807) is 4.68 Å². The van der Waals surface area contributed by atoms with Crippen molar-refractivity contribution >= 4 is 16.8 Å². The Balaban J connectivity index is 1.76. The van der Waals surface area contributed by atoms with Crippen molar-refractivity contribution in [3.05, 3.63) is 59.8 Å². The maximum Gasteiger partial charge on any atom is 0.270 e. The largest absolute Gasteiger partial charge is 0.348 e. The lowest BCUT2D eigenvalue weighted by Crippen LogP contribution is -2.37. The Kier molecular flexibility index (Phi) is 4.26. The number of aromatic nitrogens is 2. The Morgan fingerprint density at radius 2 is 1.76 bits per heavy atom. The summed E-state index contributed by atoms with van der Waals surface area (Å²) in [6.07, 6.45) is 5.81. The van der Waals surface area contributed by atoms with Gasteiger partial charge in [0.05, 0.1) is 11.2 Å². The Morgan fingerprint density at radius 3 is 2.52 bits per heavy atom. The van der Waals surface area contributed by atoms with E-state index >= 15 is 0 Å². The van der Waals surface area contributed by atoms with Crippen LogP contribution in [0.1, 0.15) is 48.2 Å².